The Labute approximate surface area is 139 Å². The standard InChI is InChI=1S/C19H17N3O2/c1-13-8-9-16(21-19(24)17-10-11-20-22(17)2)15(12-13)18(23)14-6-4-3-5-7-14/h3-12H,1-2H3,(H,21,24). The van der Waals surface area contributed by atoms with Crippen molar-refractivity contribution in [2.75, 3.05) is 5.32 Å². The molecular formula is C19H17N3O2. The summed E-state index contributed by atoms with van der Waals surface area (Å²) >= 11 is 0. The van der Waals surface area contributed by atoms with E-state index in [-0.39, 0.29) is 11.7 Å². The van der Waals surface area contributed by atoms with Gasteiger partial charge in [0.15, 0.2) is 5.78 Å². The third kappa shape index (κ3) is 3.10. The van der Waals surface area contributed by atoms with Gasteiger partial charge in [-0.15, -0.1) is 0 Å². The van der Waals surface area contributed by atoms with Gasteiger partial charge in [0.25, 0.3) is 5.91 Å². The Morgan fingerprint density at radius 3 is 2.46 bits per heavy atom. The normalized spacial score (nSPS) is 10.4. The molecule has 1 amide bonds. The van der Waals surface area contributed by atoms with E-state index in [0.29, 0.717) is 22.5 Å². The Morgan fingerprint density at radius 2 is 1.79 bits per heavy atom. The minimum absolute atomic E-state index is 0.125. The summed E-state index contributed by atoms with van der Waals surface area (Å²) in [6, 6.07) is 16.0. The number of hydrogen-bond donors (Lipinski definition) is 1. The third-order valence-corrected chi connectivity index (χ3v) is 3.76. The predicted octanol–water partition coefficient (Wildman–Crippen LogP) is 3.21. The van der Waals surface area contributed by atoms with E-state index in [1.54, 1.807) is 43.6 Å². The molecular weight excluding hydrogens is 302 g/mol. The van der Waals surface area contributed by atoms with E-state index in [0.717, 1.165) is 5.56 Å². The van der Waals surface area contributed by atoms with Crippen molar-refractivity contribution in [2.45, 2.75) is 6.92 Å². The topological polar surface area (TPSA) is 64.0 Å². The quantitative estimate of drug-likeness (QED) is 0.751. The van der Waals surface area contributed by atoms with Gasteiger partial charge in [-0.05, 0) is 25.1 Å². The van der Waals surface area contributed by atoms with E-state index < -0.39 is 0 Å². The van der Waals surface area contributed by atoms with Gasteiger partial charge in [-0.2, -0.15) is 5.10 Å². The van der Waals surface area contributed by atoms with Crippen molar-refractivity contribution in [3.05, 3.63) is 83.2 Å². The van der Waals surface area contributed by atoms with E-state index in [1.807, 2.05) is 31.2 Å². The summed E-state index contributed by atoms with van der Waals surface area (Å²) in [7, 11) is 1.69. The molecule has 0 fully saturated rings. The van der Waals surface area contributed by atoms with E-state index in [2.05, 4.69) is 10.4 Å². The molecule has 0 saturated carbocycles. The zero-order valence-corrected chi connectivity index (χ0v) is 13.5. The molecule has 0 bridgehead atoms. The Kier molecular flexibility index (Phi) is 4.24. The molecule has 0 aliphatic rings. The number of hydrogen-bond acceptors (Lipinski definition) is 3. The maximum absolute atomic E-state index is 12.8. The first-order valence-corrected chi connectivity index (χ1v) is 7.56. The fourth-order valence-electron chi connectivity index (χ4n) is 2.48. The second-order valence-electron chi connectivity index (χ2n) is 5.54. The van der Waals surface area contributed by atoms with Gasteiger partial charge >= 0.3 is 0 Å². The molecule has 1 heterocycles. The van der Waals surface area contributed by atoms with E-state index in [4.69, 9.17) is 0 Å². The summed E-state index contributed by atoms with van der Waals surface area (Å²) in [4.78, 5) is 25.2. The first kappa shape index (κ1) is 15.7. The summed E-state index contributed by atoms with van der Waals surface area (Å²) < 4.78 is 1.49. The summed E-state index contributed by atoms with van der Waals surface area (Å²) in [6.45, 7) is 1.91. The van der Waals surface area contributed by atoms with Gasteiger partial charge in [0.05, 0.1) is 5.69 Å². The molecule has 0 unspecified atom stereocenters. The minimum atomic E-state index is -0.305. The molecule has 2 aromatic carbocycles. The monoisotopic (exact) mass is 319 g/mol. The lowest BCUT2D eigenvalue weighted by atomic mass is 9.99. The Morgan fingerprint density at radius 1 is 1.04 bits per heavy atom. The highest BCUT2D eigenvalue weighted by Crippen LogP contribution is 2.22. The number of carbonyl (C=O) groups excluding carboxylic acids is 2. The Balaban J connectivity index is 1.96. The van der Waals surface area contributed by atoms with Gasteiger partial charge < -0.3 is 5.32 Å². The maximum Gasteiger partial charge on any atom is 0.273 e. The Hall–Kier alpha value is -3.21. The fraction of sp³-hybridized carbons (Fsp3) is 0.105. The zero-order chi connectivity index (χ0) is 17.1. The van der Waals surface area contributed by atoms with Crippen LogP contribution in [-0.4, -0.2) is 21.5 Å². The van der Waals surface area contributed by atoms with Crippen LogP contribution >= 0.6 is 0 Å². The number of anilines is 1. The molecule has 0 saturated heterocycles. The van der Waals surface area contributed by atoms with Crippen LogP contribution in [0.4, 0.5) is 5.69 Å². The second-order valence-corrected chi connectivity index (χ2v) is 5.54. The second kappa shape index (κ2) is 6.50. The zero-order valence-electron chi connectivity index (χ0n) is 13.5. The van der Waals surface area contributed by atoms with Crippen LogP contribution in [0.3, 0.4) is 0 Å². The number of ketones is 1. The highest BCUT2D eigenvalue weighted by molar-refractivity contribution is 6.15. The summed E-state index contributed by atoms with van der Waals surface area (Å²) in [5, 5.41) is 6.80. The molecule has 1 N–H and O–H groups in total. The van der Waals surface area contributed by atoms with Gasteiger partial charge in [0, 0.05) is 24.4 Å². The van der Waals surface area contributed by atoms with Crippen LogP contribution in [0, 0.1) is 6.92 Å². The first-order chi connectivity index (χ1) is 11.6. The van der Waals surface area contributed by atoms with Crippen LogP contribution in [0.15, 0.2) is 60.8 Å². The van der Waals surface area contributed by atoms with Crippen molar-refractivity contribution < 1.29 is 9.59 Å². The molecule has 0 aliphatic carbocycles. The van der Waals surface area contributed by atoms with Crippen LogP contribution in [-0.2, 0) is 7.05 Å². The lowest BCUT2D eigenvalue weighted by Crippen LogP contribution is -2.18. The lowest BCUT2D eigenvalue weighted by Gasteiger charge is -2.12. The molecule has 3 rings (SSSR count). The van der Waals surface area contributed by atoms with Crippen LogP contribution in [0.25, 0.3) is 0 Å². The minimum Gasteiger partial charge on any atom is -0.320 e. The predicted molar refractivity (Wildman–Crippen MR) is 92.2 cm³/mol. The molecule has 120 valence electrons. The molecule has 0 aliphatic heterocycles. The van der Waals surface area contributed by atoms with Gasteiger partial charge in [0.1, 0.15) is 5.69 Å². The number of aromatic nitrogens is 2. The first-order valence-electron chi connectivity index (χ1n) is 7.56. The van der Waals surface area contributed by atoms with Crippen LogP contribution < -0.4 is 5.32 Å². The van der Waals surface area contributed by atoms with Gasteiger partial charge in [0.2, 0.25) is 0 Å². The molecule has 3 aromatic rings. The van der Waals surface area contributed by atoms with Gasteiger partial charge in [-0.3, -0.25) is 14.3 Å². The van der Waals surface area contributed by atoms with Crippen LogP contribution in [0.1, 0.15) is 32.0 Å². The van der Waals surface area contributed by atoms with Crippen LogP contribution in [0.5, 0.6) is 0 Å². The van der Waals surface area contributed by atoms with Crippen molar-refractivity contribution in [1.82, 2.24) is 9.78 Å². The number of amides is 1. The largest absolute Gasteiger partial charge is 0.320 e. The number of benzene rings is 2. The summed E-state index contributed by atoms with van der Waals surface area (Å²) in [5.41, 5.74) is 2.91. The molecule has 1 aromatic heterocycles. The SMILES string of the molecule is Cc1ccc(NC(=O)c2ccnn2C)c(C(=O)c2ccccc2)c1. The van der Waals surface area contributed by atoms with Gasteiger partial charge in [-0.25, -0.2) is 0 Å². The summed E-state index contributed by atoms with van der Waals surface area (Å²) in [5.74, 6) is -0.430. The molecule has 5 heteroatoms. The molecule has 5 nitrogen and oxygen atoms in total. The third-order valence-electron chi connectivity index (χ3n) is 3.76. The van der Waals surface area contributed by atoms with Crippen molar-refractivity contribution in [1.29, 1.82) is 0 Å². The highest BCUT2D eigenvalue weighted by Gasteiger charge is 2.17. The van der Waals surface area contributed by atoms with Crippen LogP contribution in [0.2, 0.25) is 0 Å². The van der Waals surface area contributed by atoms with E-state index in [9.17, 15) is 9.59 Å². The van der Waals surface area contributed by atoms with Crippen molar-refractivity contribution in [3.63, 3.8) is 0 Å². The summed E-state index contributed by atoms with van der Waals surface area (Å²) in [6.07, 6.45) is 1.56. The van der Waals surface area contributed by atoms with Crippen molar-refractivity contribution in [3.8, 4) is 0 Å². The lowest BCUT2D eigenvalue weighted by molar-refractivity contribution is 0.101. The Bertz CT molecular complexity index is 898. The number of nitrogens with one attached hydrogen (secondary N) is 1. The van der Waals surface area contributed by atoms with Crippen molar-refractivity contribution in [2.24, 2.45) is 7.05 Å². The number of carbonyl (C=O) groups is 2. The molecule has 0 spiro atoms. The number of rotatable bonds is 4. The molecule has 0 atom stereocenters. The van der Waals surface area contributed by atoms with Gasteiger partial charge in [-0.1, -0.05) is 42.0 Å². The molecule has 24 heavy (non-hydrogen) atoms. The van der Waals surface area contributed by atoms with E-state index in [1.165, 1.54) is 4.68 Å². The average molecular weight is 319 g/mol. The molecule has 0 radical (unpaired) electrons. The maximum atomic E-state index is 12.8. The number of aryl methyl sites for hydroxylation is 2. The highest BCUT2D eigenvalue weighted by atomic mass is 16.2. The fourth-order valence-corrected chi connectivity index (χ4v) is 2.48. The van der Waals surface area contributed by atoms with E-state index >= 15 is 0 Å². The average Bonchev–Trinajstić information content (AvgIpc) is 3.02. The smallest absolute Gasteiger partial charge is 0.273 e. The number of nitrogens with zero attached hydrogens (tertiary/aromatic N) is 2. The van der Waals surface area contributed by atoms with Crippen molar-refractivity contribution >= 4 is 17.4 Å².